The molecule has 3 heteroatoms. The number of hydrogen-bond acceptors (Lipinski definition) is 3. The second-order valence-corrected chi connectivity index (χ2v) is 5.36. The number of rotatable bonds is 3. The molecule has 2 rings (SSSR count). The molecule has 0 N–H and O–H groups in total. The van der Waals surface area contributed by atoms with Gasteiger partial charge in [0.05, 0.1) is 12.1 Å². The van der Waals surface area contributed by atoms with Gasteiger partial charge < -0.3 is 4.74 Å². The second kappa shape index (κ2) is 5.17. The second-order valence-electron chi connectivity index (χ2n) is 5.36. The Bertz CT molecular complexity index is 257. The Hall–Kier alpha value is -0.570. The van der Waals surface area contributed by atoms with Gasteiger partial charge in [-0.25, -0.2) is 4.99 Å². The molecule has 92 valence electrons. The summed E-state index contributed by atoms with van der Waals surface area (Å²) >= 11 is 0. The molecule has 16 heavy (non-hydrogen) atoms. The van der Waals surface area contributed by atoms with Gasteiger partial charge in [-0.05, 0) is 38.8 Å². The molecule has 0 bridgehead atoms. The van der Waals surface area contributed by atoms with E-state index in [1.807, 2.05) is 0 Å². The third-order valence-corrected chi connectivity index (χ3v) is 3.76. The van der Waals surface area contributed by atoms with Gasteiger partial charge in [-0.2, -0.15) is 0 Å². The number of ether oxygens (including phenoxy) is 1. The Morgan fingerprint density at radius 2 is 1.88 bits per heavy atom. The molecule has 1 saturated heterocycles. The van der Waals surface area contributed by atoms with E-state index in [1.54, 1.807) is 0 Å². The maximum atomic E-state index is 5.75. The Labute approximate surface area is 98.9 Å². The molecular weight excluding hydrogens is 200 g/mol. The quantitative estimate of drug-likeness (QED) is 0.735. The molecule has 0 spiro atoms. The van der Waals surface area contributed by atoms with Crippen molar-refractivity contribution in [2.24, 2.45) is 10.9 Å². The van der Waals surface area contributed by atoms with E-state index >= 15 is 0 Å². The zero-order valence-corrected chi connectivity index (χ0v) is 10.8. The van der Waals surface area contributed by atoms with Crippen LogP contribution in [0.5, 0.6) is 0 Å². The van der Waals surface area contributed by atoms with Crippen molar-refractivity contribution in [1.29, 1.82) is 0 Å². The predicted octanol–water partition coefficient (Wildman–Crippen LogP) is 2.31. The molecule has 0 aromatic heterocycles. The summed E-state index contributed by atoms with van der Waals surface area (Å²) in [5, 5.41) is 0. The van der Waals surface area contributed by atoms with E-state index in [4.69, 9.17) is 9.73 Å². The van der Waals surface area contributed by atoms with Crippen LogP contribution in [-0.2, 0) is 4.74 Å². The first-order chi connectivity index (χ1) is 7.68. The van der Waals surface area contributed by atoms with Crippen molar-refractivity contribution in [1.82, 2.24) is 4.90 Å². The highest BCUT2D eigenvalue weighted by molar-refractivity contribution is 5.82. The maximum Gasteiger partial charge on any atom is 0.201 e. The van der Waals surface area contributed by atoms with Gasteiger partial charge in [0.2, 0.25) is 5.90 Å². The fourth-order valence-electron chi connectivity index (χ4n) is 2.44. The lowest BCUT2D eigenvalue weighted by Crippen LogP contribution is -2.42. The Morgan fingerprint density at radius 3 is 2.44 bits per heavy atom. The standard InChI is InChI=1S/C13H24N2O/c1-10(2)12-9-16-13(14-12)11(3)15-7-5-4-6-8-15/h10-12H,4-9H2,1-3H3. The number of piperidine rings is 1. The van der Waals surface area contributed by atoms with E-state index in [9.17, 15) is 0 Å². The van der Waals surface area contributed by atoms with Crippen LogP contribution in [0.1, 0.15) is 40.0 Å². The fraction of sp³-hybridized carbons (Fsp3) is 0.923. The third-order valence-electron chi connectivity index (χ3n) is 3.76. The summed E-state index contributed by atoms with van der Waals surface area (Å²) in [6.45, 7) is 9.85. The number of hydrogen-bond donors (Lipinski definition) is 0. The van der Waals surface area contributed by atoms with Crippen LogP contribution in [0.25, 0.3) is 0 Å². The van der Waals surface area contributed by atoms with E-state index in [0.717, 1.165) is 12.5 Å². The van der Waals surface area contributed by atoms with Crippen molar-refractivity contribution in [3.63, 3.8) is 0 Å². The number of nitrogens with zero attached hydrogens (tertiary/aromatic N) is 2. The molecular formula is C13H24N2O. The van der Waals surface area contributed by atoms with Crippen molar-refractivity contribution in [3.8, 4) is 0 Å². The molecule has 2 unspecified atom stereocenters. The highest BCUT2D eigenvalue weighted by Crippen LogP contribution is 2.19. The average Bonchev–Trinajstić information content (AvgIpc) is 2.78. The normalized spacial score (nSPS) is 29.0. The molecule has 1 fully saturated rings. The van der Waals surface area contributed by atoms with E-state index < -0.39 is 0 Å². The van der Waals surface area contributed by atoms with Crippen molar-refractivity contribution < 1.29 is 4.74 Å². The predicted molar refractivity (Wildman–Crippen MR) is 66.9 cm³/mol. The van der Waals surface area contributed by atoms with Crippen molar-refractivity contribution in [2.45, 2.75) is 52.1 Å². The average molecular weight is 224 g/mol. The summed E-state index contributed by atoms with van der Waals surface area (Å²) in [5.74, 6) is 1.56. The highest BCUT2D eigenvalue weighted by atomic mass is 16.5. The maximum absolute atomic E-state index is 5.75. The summed E-state index contributed by atoms with van der Waals surface area (Å²) in [7, 11) is 0. The van der Waals surface area contributed by atoms with Crippen LogP contribution in [0.15, 0.2) is 4.99 Å². The topological polar surface area (TPSA) is 24.8 Å². The van der Waals surface area contributed by atoms with Crippen LogP contribution in [0.2, 0.25) is 0 Å². The largest absolute Gasteiger partial charge is 0.478 e. The highest BCUT2D eigenvalue weighted by Gasteiger charge is 2.28. The van der Waals surface area contributed by atoms with Gasteiger partial charge in [0.1, 0.15) is 6.61 Å². The molecule has 2 atom stereocenters. The first kappa shape index (κ1) is 11.9. The number of likely N-dealkylation sites (tertiary alicyclic amines) is 1. The molecule has 2 aliphatic heterocycles. The van der Waals surface area contributed by atoms with Gasteiger partial charge in [0.25, 0.3) is 0 Å². The van der Waals surface area contributed by atoms with E-state index in [0.29, 0.717) is 18.0 Å². The minimum absolute atomic E-state index is 0.377. The monoisotopic (exact) mass is 224 g/mol. The number of aliphatic imine (C=N–C) groups is 1. The summed E-state index contributed by atoms with van der Waals surface area (Å²) in [5.41, 5.74) is 0. The molecule has 0 aromatic carbocycles. The van der Waals surface area contributed by atoms with Gasteiger partial charge in [0.15, 0.2) is 0 Å². The molecule has 0 aliphatic carbocycles. The lowest BCUT2D eigenvalue weighted by molar-refractivity contribution is 0.186. The van der Waals surface area contributed by atoms with Crippen LogP contribution in [0.4, 0.5) is 0 Å². The molecule has 0 radical (unpaired) electrons. The first-order valence-corrected chi connectivity index (χ1v) is 6.63. The molecule has 3 nitrogen and oxygen atoms in total. The van der Waals surface area contributed by atoms with E-state index in [2.05, 4.69) is 25.7 Å². The Kier molecular flexibility index (Phi) is 3.85. The summed E-state index contributed by atoms with van der Waals surface area (Å²) in [6.07, 6.45) is 4.03. The van der Waals surface area contributed by atoms with Crippen molar-refractivity contribution in [2.75, 3.05) is 19.7 Å². The Balaban J connectivity index is 1.94. The van der Waals surface area contributed by atoms with Crippen LogP contribution in [0, 0.1) is 5.92 Å². The van der Waals surface area contributed by atoms with Gasteiger partial charge in [-0.15, -0.1) is 0 Å². The van der Waals surface area contributed by atoms with E-state index in [-0.39, 0.29) is 0 Å². The summed E-state index contributed by atoms with van der Waals surface area (Å²) < 4.78 is 5.75. The zero-order chi connectivity index (χ0) is 11.5. The summed E-state index contributed by atoms with van der Waals surface area (Å²) in [6, 6.07) is 0.756. The smallest absolute Gasteiger partial charge is 0.201 e. The minimum atomic E-state index is 0.377. The lowest BCUT2D eigenvalue weighted by atomic mass is 10.1. The lowest BCUT2D eigenvalue weighted by Gasteiger charge is -2.31. The fourth-order valence-corrected chi connectivity index (χ4v) is 2.44. The van der Waals surface area contributed by atoms with Crippen LogP contribution >= 0.6 is 0 Å². The zero-order valence-electron chi connectivity index (χ0n) is 10.8. The van der Waals surface area contributed by atoms with Crippen molar-refractivity contribution >= 4 is 5.90 Å². The van der Waals surface area contributed by atoms with Gasteiger partial charge >= 0.3 is 0 Å². The molecule has 2 aliphatic rings. The van der Waals surface area contributed by atoms with Crippen LogP contribution < -0.4 is 0 Å². The molecule has 0 saturated carbocycles. The molecule has 2 heterocycles. The van der Waals surface area contributed by atoms with Gasteiger partial charge in [0, 0.05) is 0 Å². The molecule has 0 amide bonds. The summed E-state index contributed by atoms with van der Waals surface area (Å²) in [4.78, 5) is 7.22. The van der Waals surface area contributed by atoms with Gasteiger partial charge in [-0.3, -0.25) is 4.90 Å². The van der Waals surface area contributed by atoms with E-state index in [1.165, 1.54) is 32.4 Å². The van der Waals surface area contributed by atoms with Gasteiger partial charge in [-0.1, -0.05) is 20.3 Å². The first-order valence-electron chi connectivity index (χ1n) is 6.63. The Morgan fingerprint density at radius 1 is 1.19 bits per heavy atom. The SMILES string of the molecule is CC(C)C1COC(C(C)N2CCCCC2)=N1. The third kappa shape index (κ3) is 2.57. The molecule has 0 aromatic rings. The minimum Gasteiger partial charge on any atom is -0.478 e. The van der Waals surface area contributed by atoms with Crippen LogP contribution in [0.3, 0.4) is 0 Å². The van der Waals surface area contributed by atoms with Crippen molar-refractivity contribution in [3.05, 3.63) is 0 Å². The van der Waals surface area contributed by atoms with Crippen LogP contribution in [-0.4, -0.2) is 42.6 Å².